The number of hydrogen-bond donors (Lipinski definition) is 0. The van der Waals surface area contributed by atoms with Gasteiger partial charge in [0, 0.05) is 19.7 Å². The maximum atomic E-state index is 9.47. The van der Waals surface area contributed by atoms with Gasteiger partial charge in [-0.25, -0.2) is 0 Å². The van der Waals surface area contributed by atoms with E-state index in [1.54, 1.807) is 0 Å². The summed E-state index contributed by atoms with van der Waals surface area (Å²) in [5, 5.41) is 11.8. The normalized spacial score (nSPS) is 11.0. The van der Waals surface area contributed by atoms with Gasteiger partial charge in [0.25, 0.3) is 0 Å². The van der Waals surface area contributed by atoms with Crippen molar-refractivity contribution in [3.05, 3.63) is 75.2 Å². The predicted octanol–water partition coefficient (Wildman–Crippen LogP) is 6.18. The van der Waals surface area contributed by atoms with Crippen molar-refractivity contribution in [2.75, 3.05) is 0 Å². The summed E-state index contributed by atoms with van der Waals surface area (Å²) in [4.78, 5) is 0. The molecule has 1 heterocycles. The van der Waals surface area contributed by atoms with Crippen molar-refractivity contribution in [3.63, 3.8) is 0 Å². The molecule has 3 aromatic carbocycles. The largest absolute Gasteiger partial charge is 0.308 e. The highest BCUT2D eigenvalue weighted by Gasteiger charge is 2.14. The molecule has 0 N–H and O–H groups in total. The third-order valence-corrected chi connectivity index (χ3v) is 4.94. The van der Waals surface area contributed by atoms with Crippen molar-refractivity contribution in [2.24, 2.45) is 0 Å². The molecule has 0 aliphatic heterocycles. The lowest BCUT2D eigenvalue weighted by Gasteiger charge is -2.09. The molecule has 2 nitrogen and oxygen atoms in total. The maximum Gasteiger partial charge on any atom is 0.101 e. The molecule has 0 aliphatic rings. The molecule has 0 aliphatic carbocycles. The second-order valence-corrected chi connectivity index (χ2v) is 7.12. The molecule has 0 bridgehead atoms. The molecule has 110 valence electrons. The Balaban J connectivity index is 2.23. The van der Waals surface area contributed by atoms with Gasteiger partial charge in [0.1, 0.15) is 6.07 Å². The summed E-state index contributed by atoms with van der Waals surface area (Å²) in [6, 6.07) is 22.5. The first-order chi connectivity index (χ1) is 11.2. The highest BCUT2D eigenvalue weighted by atomic mass is 79.9. The molecule has 4 heteroatoms. The molecule has 0 unspecified atom stereocenters. The Labute approximate surface area is 150 Å². The van der Waals surface area contributed by atoms with E-state index in [2.05, 4.69) is 66.8 Å². The van der Waals surface area contributed by atoms with Crippen LogP contribution in [0.25, 0.3) is 27.5 Å². The number of fused-ring (bicyclic) bond motifs is 3. The van der Waals surface area contributed by atoms with Gasteiger partial charge >= 0.3 is 0 Å². The second kappa shape index (κ2) is 5.52. The summed E-state index contributed by atoms with van der Waals surface area (Å²) in [5.41, 5.74) is 3.74. The quantitative estimate of drug-likeness (QED) is 0.358. The van der Waals surface area contributed by atoms with Crippen molar-refractivity contribution in [2.45, 2.75) is 0 Å². The third-order valence-electron chi connectivity index (χ3n) is 3.95. The van der Waals surface area contributed by atoms with Gasteiger partial charge in [-0.2, -0.15) is 5.26 Å². The van der Waals surface area contributed by atoms with Gasteiger partial charge in [-0.15, -0.1) is 0 Å². The molecule has 4 rings (SSSR count). The minimum atomic E-state index is 0.664. The summed E-state index contributed by atoms with van der Waals surface area (Å²) >= 11 is 7.11. The smallest absolute Gasteiger partial charge is 0.101 e. The molecule has 4 aromatic rings. The molecule has 0 saturated carbocycles. The number of para-hydroxylation sites is 1. The van der Waals surface area contributed by atoms with E-state index in [-0.39, 0.29) is 0 Å². The van der Waals surface area contributed by atoms with E-state index in [4.69, 9.17) is 0 Å². The summed E-state index contributed by atoms with van der Waals surface area (Å²) in [5.74, 6) is 0. The Hall–Kier alpha value is -2.09. The molecule has 0 fully saturated rings. The molecule has 0 amide bonds. The van der Waals surface area contributed by atoms with Crippen LogP contribution in [-0.2, 0) is 0 Å². The van der Waals surface area contributed by atoms with Crippen LogP contribution in [0, 0.1) is 11.3 Å². The molecule has 0 saturated heterocycles. The van der Waals surface area contributed by atoms with Gasteiger partial charge in [-0.1, -0.05) is 44.0 Å². The summed E-state index contributed by atoms with van der Waals surface area (Å²) in [6.07, 6.45) is 0. The zero-order chi connectivity index (χ0) is 16.0. The van der Waals surface area contributed by atoms with Crippen molar-refractivity contribution in [1.29, 1.82) is 5.26 Å². The average Bonchev–Trinajstić information content (AvgIpc) is 2.87. The van der Waals surface area contributed by atoms with Crippen LogP contribution in [0.3, 0.4) is 0 Å². The minimum absolute atomic E-state index is 0.664. The molecular weight excluding hydrogens is 416 g/mol. The number of nitrogens with zero attached hydrogens (tertiary/aromatic N) is 2. The Morgan fingerprint density at radius 2 is 1.35 bits per heavy atom. The number of benzene rings is 3. The predicted molar refractivity (Wildman–Crippen MR) is 101 cm³/mol. The van der Waals surface area contributed by atoms with E-state index in [1.807, 2.05) is 36.4 Å². The summed E-state index contributed by atoms with van der Waals surface area (Å²) in [7, 11) is 0. The first-order valence-electron chi connectivity index (χ1n) is 7.08. The van der Waals surface area contributed by atoms with Gasteiger partial charge in [-0.3, -0.25) is 0 Å². The second-order valence-electron chi connectivity index (χ2n) is 5.29. The summed E-state index contributed by atoms with van der Waals surface area (Å²) < 4.78 is 4.23. The van der Waals surface area contributed by atoms with Gasteiger partial charge < -0.3 is 4.57 Å². The minimum Gasteiger partial charge on any atom is -0.308 e. The molecule has 0 radical (unpaired) electrons. The van der Waals surface area contributed by atoms with E-state index >= 15 is 0 Å². The third kappa shape index (κ3) is 2.28. The van der Waals surface area contributed by atoms with Crippen molar-refractivity contribution in [1.82, 2.24) is 4.57 Å². The van der Waals surface area contributed by atoms with Crippen molar-refractivity contribution < 1.29 is 0 Å². The number of nitriles is 1. The SMILES string of the molecule is N#Cc1ccccc1-n1c2ccc(Br)cc2c2cc(Br)ccc21. The molecule has 0 spiro atoms. The first-order valence-corrected chi connectivity index (χ1v) is 8.66. The Morgan fingerprint density at radius 3 is 1.91 bits per heavy atom. The van der Waals surface area contributed by atoms with Crippen LogP contribution in [0.1, 0.15) is 5.56 Å². The summed E-state index contributed by atoms with van der Waals surface area (Å²) in [6.45, 7) is 0. The Kier molecular flexibility index (Phi) is 3.48. The maximum absolute atomic E-state index is 9.47. The highest BCUT2D eigenvalue weighted by molar-refractivity contribution is 9.10. The molecule has 23 heavy (non-hydrogen) atoms. The van der Waals surface area contributed by atoms with Crippen LogP contribution in [0.2, 0.25) is 0 Å². The fourth-order valence-electron chi connectivity index (χ4n) is 2.99. The van der Waals surface area contributed by atoms with Crippen LogP contribution >= 0.6 is 31.9 Å². The lowest BCUT2D eigenvalue weighted by Crippen LogP contribution is -1.96. The van der Waals surface area contributed by atoms with E-state index in [1.165, 1.54) is 0 Å². The molecule has 0 atom stereocenters. The first kappa shape index (κ1) is 14.5. The fourth-order valence-corrected chi connectivity index (χ4v) is 3.71. The van der Waals surface area contributed by atoms with Crippen molar-refractivity contribution >= 4 is 53.7 Å². The zero-order valence-corrected chi connectivity index (χ0v) is 15.1. The molecular formula is C19H10Br2N2. The number of halogens is 2. The van der Waals surface area contributed by atoms with Crippen molar-refractivity contribution in [3.8, 4) is 11.8 Å². The van der Waals surface area contributed by atoms with Crippen LogP contribution in [-0.4, -0.2) is 4.57 Å². The monoisotopic (exact) mass is 424 g/mol. The highest BCUT2D eigenvalue weighted by Crippen LogP contribution is 2.35. The lowest BCUT2D eigenvalue weighted by molar-refractivity contribution is 1.17. The topological polar surface area (TPSA) is 28.7 Å². The van der Waals surface area contributed by atoms with E-state index in [0.717, 1.165) is 36.4 Å². The average molecular weight is 426 g/mol. The van der Waals surface area contributed by atoms with Crippen LogP contribution in [0.5, 0.6) is 0 Å². The van der Waals surface area contributed by atoms with Crippen LogP contribution < -0.4 is 0 Å². The number of rotatable bonds is 1. The zero-order valence-electron chi connectivity index (χ0n) is 11.9. The van der Waals surface area contributed by atoms with E-state index in [9.17, 15) is 5.26 Å². The van der Waals surface area contributed by atoms with E-state index < -0.39 is 0 Å². The van der Waals surface area contributed by atoms with Gasteiger partial charge in [-0.05, 0) is 48.5 Å². The lowest BCUT2D eigenvalue weighted by atomic mass is 10.2. The number of aromatic nitrogens is 1. The van der Waals surface area contributed by atoms with E-state index in [0.29, 0.717) is 5.56 Å². The van der Waals surface area contributed by atoms with Crippen LogP contribution in [0.4, 0.5) is 0 Å². The van der Waals surface area contributed by atoms with Crippen LogP contribution in [0.15, 0.2) is 69.6 Å². The Bertz CT molecular complexity index is 1040. The fraction of sp³-hybridized carbons (Fsp3) is 0. The van der Waals surface area contributed by atoms with Gasteiger partial charge in [0.05, 0.1) is 22.3 Å². The van der Waals surface area contributed by atoms with Gasteiger partial charge in [0.2, 0.25) is 0 Å². The standard InChI is InChI=1S/C19H10Br2N2/c20-13-5-7-18-15(9-13)16-10-14(21)6-8-19(16)23(18)17-4-2-1-3-12(17)11-22/h1-10H. The Morgan fingerprint density at radius 1 is 0.783 bits per heavy atom. The van der Waals surface area contributed by atoms with Gasteiger partial charge in [0.15, 0.2) is 0 Å². The molecule has 1 aromatic heterocycles. The number of hydrogen-bond acceptors (Lipinski definition) is 1.